The number of carbonyl (C=O) groups is 1. The molecule has 1 aliphatic rings. The third-order valence-corrected chi connectivity index (χ3v) is 3.46. The van der Waals surface area contributed by atoms with Gasteiger partial charge in [-0.15, -0.1) is 0 Å². The first-order chi connectivity index (χ1) is 8.63. The summed E-state index contributed by atoms with van der Waals surface area (Å²) >= 11 is 0. The van der Waals surface area contributed by atoms with Gasteiger partial charge >= 0.3 is 0 Å². The first-order valence-corrected chi connectivity index (χ1v) is 6.40. The van der Waals surface area contributed by atoms with E-state index in [4.69, 9.17) is 0 Å². The van der Waals surface area contributed by atoms with Gasteiger partial charge < -0.3 is 16.0 Å². The van der Waals surface area contributed by atoms with Gasteiger partial charge in [-0.25, -0.2) is 0 Å². The van der Waals surface area contributed by atoms with Crippen LogP contribution < -0.4 is 16.0 Å². The number of hydrogen-bond donors (Lipinski definition) is 3. The monoisotopic (exact) mass is 247 g/mol. The van der Waals surface area contributed by atoms with E-state index < -0.39 is 0 Å². The molecule has 1 fully saturated rings. The molecule has 4 nitrogen and oxygen atoms in total. The van der Waals surface area contributed by atoms with Crippen molar-refractivity contribution in [3.8, 4) is 0 Å². The molecule has 0 spiro atoms. The Morgan fingerprint density at radius 3 is 2.83 bits per heavy atom. The third kappa shape index (κ3) is 3.01. The highest BCUT2D eigenvalue weighted by molar-refractivity contribution is 5.79. The normalized spacial score (nSPS) is 22.9. The number of nitrogens with one attached hydrogen (secondary N) is 3. The molecule has 1 aliphatic heterocycles. The fourth-order valence-electron chi connectivity index (χ4n) is 2.37. The maximum Gasteiger partial charge on any atom is 0.220 e. The zero-order chi connectivity index (χ0) is 13.0. The van der Waals surface area contributed by atoms with Crippen LogP contribution in [0.15, 0.2) is 24.3 Å². The topological polar surface area (TPSA) is 53.2 Å². The van der Waals surface area contributed by atoms with Gasteiger partial charge in [0.25, 0.3) is 0 Å². The van der Waals surface area contributed by atoms with E-state index in [1.807, 2.05) is 19.2 Å². The summed E-state index contributed by atoms with van der Waals surface area (Å²) in [6.45, 7) is 3.70. The second kappa shape index (κ2) is 5.40. The van der Waals surface area contributed by atoms with E-state index in [2.05, 4.69) is 35.0 Å². The number of benzene rings is 1. The number of para-hydroxylation sites is 1. The van der Waals surface area contributed by atoms with Crippen molar-refractivity contribution in [3.05, 3.63) is 29.8 Å². The number of rotatable bonds is 5. The Labute approximate surface area is 108 Å². The molecule has 98 valence electrons. The maximum absolute atomic E-state index is 11.2. The lowest BCUT2D eigenvalue weighted by Crippen LogP contribution is -2.46. The minimum Gasteiger partial charge on any atom is -0.388 e. The molecule has 0 bridgehead atoms. The van der Waals surface area contributed by atoms with Gasteiger partial charge in [-0.1, -0.05) is 18.2 Å². The summed E-state index contributed by atoms with van der Waals surface area (Å²) in [6.07, 6.45) is 1.55. The molecular formula is C14H21N3O. The standard InChI is InChI=1S/C14H21N3O/c1-14(8-7-13(18)17-14)10-16-9-11-5-3-4-6-12(11)15-2/h3-6,15-16H,7-10H2,1-2H3,(H,17,18). The summed E-state index contributed by atoms with van der Waals surface area (Å²) in [4.78, 5) is 11.2. The van der Waals surface area contributed by atoms with Crippen LogP contribution in [0.5, 0.6) is 0 Å². The molecule has 1 aromatic carbocycles. The van der Waals surface area contributed by atoms with Crippen molar-refractivity contribution in [2.24, 2.45) is 0 Å². The van der Waals surface area contributed by atoms with E-state index in [0.717, 1.165) is 25.2 Å². The highest BCUT2D eigenvalue weighted by atomic mass is 16.2. The molecule has 0 aromatic heterocycles. The van der Waals surface area contributed by atoms with Crippen molar-refractivity contribution in [2.75, 3.05) is 18.9 Å². The number of amides is 1. The average Bonchev–Trinajstić information content (AvgIpc) is 2.70. The van der Waals surface area contributed by atoms with Gasteiger partial charge in [-0.2, -0.15) is 0 Å². The maximum atomic E-state index is 11.2. The molecule has 1 amide bonds. The lowest BCUT2D eigenvalue weighted by Gasteiger charge is -2.24. The second-order valence-electron chi connectivity index (χ2n) is 5.12. The molecule has 1 saturated heterocycles. The first-order valence-electron chi connectivity index (χ1n) is 6.40. The Morgan fingerprint density at radius 1 is 1.39 bits per heavy atom. The quantitative estimate of drug-likeness (QED) is 0.739. The summed E-state index contributed by atoms with van der Waals surface area (Å²) in [5.41, 5.74) is 2.30. The minimum atomic E-state index is -0.0916. The van der Waals surface area contributed by atoms with Crippen LogP contribution in [0, 0.1) is 0 Å². The van der Waals surface area contributed by atoms with Gasteiger partial charge in [0.15, 0.2) is 0 Å². The van der Waals surface area contributed by atoms with Crippen molar-refractivity contribution in [2.45, 2.75) is 31.8 Å². The average molecular weight is 247 g/mol. The van der Waals surface area contributed by atoms with Gasteiger partial charge in [0, 0.05) is 32.2 Å². The van der Waals surface area contributed by atoms with Crippen LogP contribution in [0.3, 0.4) is 0 Å². The van der Waals surface area contributed by atoms with Crippen LogP contribution >= 0.6 is 0 Å². The number of carbonyl (C=O) groups excluding carboxylic acids is 1. The highest BCUT2D eigenvalue weighted by Crippen LogP contribution is 2.19. The third-order valence-electron chi connectivity index (χ3n) is 3.46. The van der Waals surface area contributed by atoms with Crippen molar-refractivity contribution in [1.82, 2.24) is 10.6 Å². The van der Waals surface area contributed by atoms with E-state index >= 15 is 0 Å². The lowest BCUT2D eigenvalue weighted by atomic mass is 10.0. The molecule has 2 rings (SSSR count). The van der Waals surface area contributed by atoms with Crippen LogP contribution in [0.1, 0.15) is 25.3 Å². The molecule has 4 heteroatoms. The zero-order valence-corrected chi connectivity index (χ0v) is 11.0. The van der Waals surface area contributed by atoms with Crippen LogP contribution in [0.25, 0.3) is 0 Å². The molecule has 1 unspecified atom stereocenters. The van der Waals surface area contributed by atoms with E-state index in [1.54, 1.807) is 0 Å². The lowest BCUT2D eigenvalue weighted by molar-refractivity contribution is -0.119. The SMILES string of the molecule is CNc1ccccc1CNCC1(C)CCC(=O)N1. The van der Waals surface area contributed by atoms with Gasteiger partial charge in [0.2, 0.25) is 5.91 Å². The molecule has 18 heavy (non-hydrogen) atoms. The van der Waals surface area contributed by atoms with Crippen LogP contribution in [-0.2, 0) is 11.3 Å². The second-order valence-corrected chi connectivity index (χ2v) is 5.12. The summed E-state index contributed by atoms with van der Waals surface area (Å²) in [5, 5.41) is 9.63. The minimum absolute atomic E-state index is 0.0916. The Bertz CT molecular complexity index is 433. The smallest absolute Gasteiger partial charge is 0.220 e. The van der Waals surface area contributed by atoms with Crippen LogP contribution in [0.4, 0.5) is 5.69 Å². The Hall–Kier alpha value is -1.55. The van der Waals surface area contributed by atoms with Crippen molar-refractivity contribution >= 4 is 11.6 Å². The largest absolute Gasteiger partial charge is 0.388 e. The van der Waals surface area contributed by atoms with Crippen molar-refractivity contribution in [1.29, 1.82) is 0 Å². The summed E-state index contributed by atoms with van der Waals surface area (Å²) in [6, 6.07) is 8.23. The molecule has 0 aliphatic carbocycles. The molecule has 1 atom stereocenters. The van der Waals surface area contributed by atoms with E-state index in [0.29, 0.717) is 6.42 Å². The van der Waals surface area contributed by atoms with Crippen LogP contribution in [-0.4, -0.2) is 25.0 Å². The predicted molar refractivity (Wildman–Crippen MR) is 73.5 cm³/mol. The summed E-state index contributed by atoms with van der Waals surface area (Å²) < 4.78 is 0. The van der Waals surface area contributed by atoms with Crippen LogP contribution in [0.2, 0.25) is 0 Å². The van der Waals surface area contributed by atoms with Gasteiger partial charge in [0.05, 0.1) is 5.54 Å². The van der Waals surface area contributed by atoms with Gasteiger partial charge in [0.1, 0.15) is 0 Å². The van der Waals surface area contributed by atoms with E-state index in [1.165, 1.54) is 5.56 Å². The highest BCUT2D eigenvalue weighted by Gasteiger charge is 2.32. The predicted octanol–water partition coefficient (Wildman–Crippen LogP) is 1.49. The molecule has 1 heterocycles. The van der Waals surface area contributed by atoms with Crippen molar-refractivity contribution < 1.29 is 4.79 Å². The molecule has 0 radical (unpaired) electrons. The summed E-state index contributed by atoms with van der Waals surface area (Å²) in [5.74, 6) is 0.162. The molecule has 1 aromatic rings. The fourth-order valence-corrected chi connectivity index (χ4v) is 2.37. The summed E-state index contributed by atoms with van der Waals surface area (Å²) in [7, 11) is 1.93. The Kier molecular flexibility index (Phi) is 3.87. The molecular weight excluding hydrogens is 226 g/mol. The van der Waals surface area contributed by atoms with Gasteiger partial charge in [-0.05, 0) is 25.0 Å². The van der Waals surface area contributed by atoms with Crippen molar-refractivity contribution in [3.63, 3.8) is 0 Å². The molecule has 0 saturated carbocycles. The first kappa shape index (κ1) is 12.9. The van der Waals surface area contributed by atoms with E-state index in [-0.39, 0.29) is 11.4 Å². The number of hydrogen-bond acceptors (Lipinski definition) is 3. The Morgan fingerprint density at radius 2 is 2.17 bits per heavy atom. The molecule has 3 N–H and O–H groups in total. The fraction of sp³-hybridized carbons (Fsp3) is 0.500. The Balaban J connectivity index is 1.87. The zero-order valence-electron chi connectivity index (χ0n) is 11.0. The van der Waals surface area contributed by atoms with E-state index in [9.17, 15) is 4.79 Å². The number of anilines is 1. The van der Waals surface area contributed by atoms with Gasteiger partial charge in [-0.3, -0.25) is 4.79 Å².